The van der Waals surface area contributed by atoms with Gasteiger partial charge in [0, 0.05) is 42.2 Å². The van der Waals surface area contributed by atoms with Crippen LogP contribution in [0.2, 0.25) is 0 Å². The van der Waals surface area contributed by atoms with Crippen LogP contribution >= 0.6 is 0 Å². The molecule has 0 saturated carbocycles. The third-order valence-electron chi connectivity index (χ3n) is 2.74. The summed E-state index contributed by atoms with van der Waals surface area (Å²) in [5.41, 5.74) is 1.76. The summed E-state index contributed by atoms with van der Waals surface area (Å²) >= 11 is 0. The van der Waals surface area contributed by atoms with Crippen molar-refractivity contribution in [1.82, 2.24) is 10.3 Å². The van der Waals surface area contributed by atoms with Crippen molar-refractivity contribution in [2.45, 2.75) is 13.2 Å². The second-order valence-electron chi connectivity index (χ2n) is 4.23. The van der Waals surface area contributed by atoms with Gasteiger partial charge in [-0.25, -0.2) is 0 Å². The summed E-state index contributed by atoms with van der Waals surface area (Å²) in [7, 11) is 1.78. The smallest absolute Gasteiger partial charge is 0.270 e. The fourth-order valence-corrected chi connectivity index (χ4v) is 1.79. The standard InChI is InChI=1S/C14H15N3O3/c1-15-9-12-7-13(17(18)19)4-5-14(12)20-10-11-3-2-6-16-8-11/h2-8,15H,9-10H2,1H3. The highest BCUT2D eigenvalue weighted by Gasteiger charge is 2.11. The number of nitro benzene ring substituents is 1. The molecule has 6 heteroatoms. The summed E-state index contributed by atoms with van der Waals surface area (Å²) < 4.78 is 5.71. The van der Waals surface area contributed by atoms with E-state index in [0.29, 0.717) is 18.9 Å². The van der Waals surface area contributed by atoms with E-state index in [9.17, 15) is 10.1 Å². The first-order valence-electron chi connectivity index (χ1n) is 6.14. The lowest BCUT2D eigenvalue weighted by Crippen LogP contribution is -2.08. The van der Waals surface area contributed by atoms with Crippen molar-refractivity contribution in [1.29, 1.82) is 0 Å². The Labute approximate surface area is 116 Å². The SMILES string of the molecule is CNCc1cc([N+](=O)[O-])ccc1OCc1cccnc1. The Kier molecular flexibility index (Phi) is 4.62. The zero-order valence-electron chi connectivity index (χ0n) is 11.1. The Morgan fingerprint density at radius 1 is 1.40 bits per heavy atom. The summed E-state index contributed by atoms with van der Waals surface area (Å²) in [6.45, 7) is 0.881. The molecule has 0 bridgehead atoms. The Balaban J connectivity index is 2.16. The molecule has 0 amide bonds. The number of hydrogen-bond donors (Lipinski definition) is 1. The molecule has 2 aromatic rings. The third-order valence-corrected chi connectivity index (χ3v) is 2.74. The molecule has 0 unspecified atom stereocenters. The van der Waals surface area contributed by atoms with Gasteiger partial charge < -0.3 is 10.1 Å². The van der Waals surface area contributed by atoms with Crippen molar-refractivity contribution in [2.24, 2.45) is 0 Å². The molecule has 0 fully saturated rings. The van der Waals surface area contributed by atoms with E-state index in [-0.39, 0.29) is 5.69 Å². The van der Waals surface area contributed by atoms with Gasteiger partial charge in [-0.2, -0.15) is 0 Å². The summed E-state index contributed by atoms with van der Waals surface area (Å²) in [4.78, 5) is 14.4. The van der Waals surface area contributed by atoms with Crippen molar-refractivity contribution >= 4 is 5.69 Å². The number of nitro groups is 1. The quantitative estimate of drug-likeness (QED) is 0.645. The van der Waals surface area contributed by atoms with Gasteiger partial charge in [-0.05, 0) is 19.2 Å². The topological polar surface area (TPSA) is 77.3 Å². The Morgan fingerprint density at radius 3 is 2.90 bits per heavy atom. The van der Waals surface area contributed by atoms with Crippen molar-refractivity contribution in [3.05, 3.63) is 64.0 Å². The number of nitrogens with zero attached hydrogens (tertiary/aromatic N) is 2. The highest BCUT2D eigenvalue weighted by atomic mass is 16.6. The number of nitrogens with one attached hydrogen (secondary N) is 1. The van der Waals surface area contributed by atoms with Gasteiger partial charge in [0.25, 0.3) is 5.69 Å². The minimum Gasteiger partial charge on any atom is -0.489 e. The van der Waals surface area contributed by atoms with Gasteiger partial charge >= 0.3 is 0 Å². The number of non-ortho nitro benzene ring substituents is 1. The first-order valence-corrected chi connectivity index (χ1v) is 6.14. The molecule has 0 radical (unpaired) electrons. The summed E-state index contributed by atoms with van der Waals surface area (Å²) in [6, 6.07) is 8.34. The summed E-state index contributed by atoms with van der Waals surface area (Å²) in [5, 5.41) is 13.8. The fraction of sp³-hybridized carbons (Fsp3) is 0.214. The number of pyridine rings is 1. The van der Waals surface area contributed by atoms with E-state index >= 15 is 0 Å². The minimum atomic E-state index is -0.413. The molecule has 0 aliphatic rings. The second kappa shape index (κ2) is 6.63. The lowest BCUT2D eigenvalue weighted by atomic mass is 10.1. The average molecular weight is 273 g/mol. The van der Waals surface area contributed by atoms with Crippen LogP contribution in [0.5, 0.6) is 5.75 Å². The van der Waals surface area contributed by atoms with Crippen molar-refractivity contribution in [2.75, 3.05) is 7.05 Å². The molecule has 20 heavy (non-hydrogen) atoms. The van der Waals surface area contributed by atoms with Crippen LogP contribution in [0.15, 0.2) is 42.7 Å². The summed E-state index contributed by atoms with van der Waals surface area (Å²) in [5.74, 6) is 0.633. The molecule has 0 aliphatic heterocycles. The molecule has 104 valence electrons. The van der Waals surface area contributed by atoms with Gasteiger partial charge in [-0.1, -0.05) is 6.07 Å². The molecule has 1 N–H and O–H groups in total. The minimum absolute atomic E-state index is 0.0592. The van der Waals surface area contributed by atoms with Gasteiger partial charge in [0.1, 0.15) is 12.4 Å². The van der Waals surface area contributed by atoms with Crippen LogP contribution in [-0.4, -0.2) is 17.0 Å². The lowest BCUT2D eigenvalue weighted by Gasteiger charge is -2.11. The molecule has 2 rings (SSSR count). The first kappa shape index (κ1) is 14.0. The molecule has 0 saturated heterocycles. The zero-order chi connectivity index (χ0) is 14.4. The highest BCUT2D eigenvalue weighted by Crippen LogP contribution is 2.24. The molecule has 1 aromatic carbocycles. The maximum absolute atomic E-state index is 10.8. The lowest BCUT2D eigenvalue weighted by molar-refractivity contribution is -0.384. The molecular formula is C14H15N3O3. The summed E-state index contributed by atoms with van der Waals surface area (Å²) in [6.07, 6.45) is 3.42. The van der Waals surface area contributed by atoms with Crippen LogP contribution < -0.4 is 10.1 Å². The van der Waals surface area contributed by atoms with Gasteiger partial charge in [0.2, 0.25) is 0 Å². The number of rotatable bonds is 6. The first-order chi connectivity index (χ1) is 9.70. The van der Waals surface area contributed by atoms with Gasteiger partial charge in [-0.15, -0.1) is 0 Å². The molecule has 1 heterocycles. The number of aromatic nitrogens is 1. The van der Waals surface area contributed by atoms with E-state index in [1.165, 1.54) is 12.1 Å². The van der Waals surface area contributed by atoms with Crippen LogP contribution in [0.4, 0.5) is 5.69 Å². The Morgan fingerprint density at radius 2 is 2.25 bits per heavy atom. The molecule has 1 aromatic heterocycles. The molecule has 0 atom stereocenters. The predicted octanol–water partition coefficient (Wildman–Crippen LogP) is 2.29. The van der Waals surface area contributed by atoms with Gasteiger partial charge in [0.05, 0.1) is 4.92 Å². The van der Waals surface area contributed by atoms with E-state index in [1.807, 2.05) is 12.1 Å². The van der Waals surface area contributed by atoms with Crippen LogP contribution in [-0.2, 0) is 13.2 Å². The maximum atomic E-state index is 10.8. The van der Waals surface area contributed by atoms with E-state index in [1.54, 1.807) is 25.5 Å². The monoisotopic (exact) mass is 273 g/mol. The van der Waals surface area contributed by atoms with E-state index in [0.717, 1.165) is 11.1 Å². The zero-order valence-corrected chi connectivity index (χ0v) is 11.1. The second-order valence-corrected chi connectivity index (χ2v) is 4.23. The average Bonchev–Trinajstić information content (AvgIpc) is 2.47. The molecule has 0 aliphatic carbocycles. The van der Waals surface area contributed by atoms with Crippen molar-refractivity contribution in [3.63, 3.8) is 0 Å². The van der Waals surface area contributed by atoms with E-state index < -0.39 is 4.92 Å². The van der Waals surface area contributed by atoms with Crippen LogP contribution in [0.3, 0.4) is 0 Å². The van der Waals surface area contributed by atoms with Gasteiger partial charge in [0.15, 0.2) is 0 Å². The maximum Gasteiger partial charge on any atom is 0.270 e. The molecule has 0 spiro atoms. The largest absolute Gasteiger partial charge is 0.489 e. The van der Waals surface area contributed by atoms with E-state index in [2.05, 4.69) is 10.3 Å². The van der Waals surface area contributed by atoms with Crippen molar-refractivity contribution < 1.29 is 9.66 Å². The van der Waals surface area contributed by atoms with Gasteiger partial charge in [-0.3, -0.25) is 15.1 Å². The van der Waals surface area contributed by atoms with Crippen LogP contribution in [0.25, 0.3) is 0 Å². The molecule has 6 nitrogen and oxygen atoms in total. The predicted molar refractivity (Wildman–Crippen MR) is 74.4 cm³/mol. The Bertz CT molecular complexity index is 587. The third kappa shape index (κ3) is 3.52. The fourth-order valence-electron chi connectivity index (χ4n) is 1.79. The van der Waals surface area contributed by atoms with E-state index in [4.69, 9.17) is 4.74 Å². The van der Waals surface area contributed by atoms with Crippen LogP contribution in [0.1, 0.15) is 11.1 Å². The number of ether oxygens (including phenoxy) is 1. The normalized spacial score (nSPS) is 10.2. The Hall–Kier alpha value is -2.47. The van der Waals surface area contributed by atoms with Crippen molar-refractivity contribution in [3.8, 4) is 5.75 Å². The van der Waals surface area contributed by atoms with Crippen LogP contribution in [0, 0.1) is 10.1 Å². The molecular weight excluding hydrogens is 258 g/mol. The number of hydrogen-bond acceptors (Lipinski definition) is 5. The number of benzene rings is 1. The highest BCUT2D eigenvalue weighted by molar-refractivity contribution is 5.43.